The number of hydrogen-bond donors (Lipinski definition) is 2. The fraction of sp³-hybridized carbons (Fsp3) is 0.478. The number of nitrogens with zero attached hydrogens (tertiary/aromatic N) is 2. The second-order valence-corrected chi connectivity index (χ2v) is 15.2. The van der Waals surface area contributed by atoms with E-state index in [0.29, 0.717) is 5.69 Å². The van der Waals surface area contributed by atoms with Gasteiger partial charge in [0.05, 0.1) is 28.3 Å². The number of amides is 3. The summed E-state index contributed by atoms with van der Waals surface area (Å²) < 4.78 is 44.8. The average molecular weight is 566 g/mol. The largest absolute Gasteiger partial charge is 0.489 e. The van der Waals surface area contributed by atoms with Gasteiger partial charge in [-0.15, -0.1) is 0 Å². The van der Waals surface area contributed by atoms with Crippen LogP contribution in [0.25, 0.3) is 0 Å². The smallest absolute Gasteiger partial charge is 0.326 e. The number of anilines is 1. The number of halogens is 3. The lowest BCUT2D eigenvalue weighted by molar-refractivity contribution is 0.0967. The van der Waals surface area contributed by atoms with E-state index in [1.54, 1.807) is 26.9 Å². The molecule has 2 heterocycles. The molecule has 0 aliphatic heterocycles. The Balaban J connectivity index is 2.38. The third-order valence-corrected chi connectivity index (χ3v) is 10.6. The van der Waals surface area contributed by atoms with Gasteiger partial charge in [0.2, 0.25) is 0 Å². The predicted octanol–water partition coefficient (Wildman–Crippen LogP) is 6.92. The number of imide groups is 1. The number of pyridine rings is 2. The predicted molar refractivity (Wildman–Crippen MR) is 143 cm³/mol. The number of rotatable bonds is 8. The molecule has 2 rings (SSSR count). The van der Waals surface area contributed by atoms with Crippen LogP contribution in [0.15, 0.2) is 18.3 Å². The van der Waals surface area contributed by atoms with Crippen LogP contribution in [0.4, 0.5) is 10.5 Å². The van der Waals surface area contributed by atoms with Crippen LogP contribution in [-0.2, 0) is 4.43 Å². The first-order valence-electron chi connectivity index (χ1n) is 12.6. The van der Waals surface area contributed by atoms with Crippen molar-refractivity contribution in [3.8, 4) is 5.75 Å². The zero-order valence-corrected chi connectivity index (χ0v) is 23.7. The number of ether oxygens (including phenoxy) is 1. The summed E-state index contributed by atoms with van der Waals surface area (Å²) in [5.74, 6) is -1.44. The SMILES string of the molecule is [2H]C([2H])(Oc1ccnc(C(C)C)c1NC(=O)NC(=O)c1cc(Cl)c(Cl)nc1Cl)C([2H])([2H])O[Si](C)(C)C(C)(C)C. The van der Waals surface area contributed by atoms with E-state index in [9.17, 15) is 9.59 Å². The monoisotopic (exact) mass is 564 g/mol. The van der Waals surface area contributed by atoms with E-state index >= 15 is 0 Å². The van der Waals surface area contributed by atoms with E-state index in [-0.39, 0.29) is 38.2 Å². The Kier molecular flexibility index (Phi) is 7.97. The quantitative estimate of drug-likeness (QED) is 0.266. The van der Waals surface area contributed by atoms with Crippen molar-refractivity contribution in [2.75, 3.05) is 18.4 Å². The Morgan fingerprint density at radius 2 is 1.83 bits per heavy atom. The molecule has 2 aromatic heterocycles. The molecule has 3 amide bonds. The molecular formula is C23H31Cl3N4O4Si. The van der Waals surface area contributed by atoms with Gasteiger partial charge in [0.15, 0.2) is 8.32 Å². The molecule has 0 unspecified atom stereocenters. The summed E-state index contributed by atoms with van der Waals surface area (Å²) in [6.45, 7) is 6.96. The van der Waals surface area contributed by atoms with Crippen molar-refractivity contribution in [1.82, 2.24) is 15.3 Å². The second kappa shape index (κ2) is 11.9. The molecule has 0 aromatic carbocycles. The highest BCUT2D eigenvalue weighted by atomic mass is 35.5. The number of hydrogen-bond acceptors (Lipinski definition) is 6. The van der Waals surface area contributed by atoms with Crippen LogP contribution >= 0.6 is 34.8 Å². The molecule has 2 N–H and O–H groups in total. The minimum Gasteiger partial charge on any atom is -0.489 e. The normalized spacial score (nSPS) is 14.5. The fourth-order valence-corrected chi connectivity index (χ4v) is 3.57. The van der Waals surface area contributed by atoms with Crippen LogP contribution in [0, 0.1) is 0 Å². The van der Waals surface area contributed by atoms with Crippen molar-refractivity contribution in [2.45, 2.75) is 58.7 Å². The summed E-state index contributed by atoms with van der Waals surface area (Å²) in [6, 6.07) is 1.39. The molecule has 0 aliphatic carbocycles. The minimum atomic E-state index is -2.99. The van der Waals surface area contributed by atoms with Gasteiger partial charge in [-0.05, 0) is 30.1 Å². The highest BCUT2D eigenvalue weighted by molar-refractivity contribution is 6.74. The molecule has 0 saturated heterocycles. The lowest BCUT2D eigenvalue weighted by Gasteiger charge is -2.36. The summed E-state index contributed by atoms with van der Waals surface area (Å²) in [5, 5.41) is 3.69. The van der Waals surface area contributed by atoms with Crippen molar-refractivity contribution < 1.29 is 24.2 Å². The summed E-state index contributed by atoms with van der Waals surface area (Å²) in [6.07, 6.45) is 1.33. The van der Waals surface area contributed by atoms with Crippen LogP contribution in [0.5, 0.6) is 5.75 Å². The lowest BCUT2D eigenvalue weighted by atomic mass is 10.1. The van der Waals surface area contributed by atoms with Gasteiger partial charge in [-0.2, -0.15) is 0 Å². The van der Waals surface area contributed by atoms with E-state index in [1.165, 1.54) is 12.3 Å². The molecule has 8 nitrogen and oxygen atoms in total. The molecule has 35 heavy (non-hydrogen) atoms. The molecule has 0 saturated carbocycles. The second-order valence-electron chi connectivity index (χ2n) is 9.40. The van der Waals surface area contributed by atoms with E-state index in [1.807, 2.05) is 20.8 Å². The van der Waals surface area contributed by atoms with Gasteiger partial charge >= 0.3 is 6.03 Å². The molecule has 0 bridgehead atoms. The molecule has 192 valence electrons. The molecule has 0 aliphatic rings. The van der Waals surface area contributed by atoms with Crippen LogP contribution < -0.4 is 15.4 Å². The van der Waals surface area contributed by atoms with Crippen molar-refractivity contribution in [3.05, 3.63) is 44.9 Å². The summed E-state index contributed by atoms with van der Waals surface area (Å²) in [7, 11) is -2.76. The zero-order valence-electron chi connectivity index (χ0n) is 24.5. The van der Waals surface area contributed by atoms with Crippen LogP contribution in [0.3, 0.4) is 0 Å². The Morgan fingerprint density at radius 1 is 1.17 bits per heavy atom. The van der Waals surface area contributed by atoms with E-state index < -0.39 is 38.4 Å². The molecule has 2 aromatic rings. The first-order valence-corrected chi connectivity index (χ1v) is 14.7. The summed E-state index contributed by atoms with van der Waals surface area (Å²) in [4.78, 5) is 33.4. The maximum absolute atomic E-state index is 12.8. The Hall–Kier alpha value is -1.91. The van der Waals surface area contributed by atoms with Gasteiger partial charge in [-0.3, -0.25) is 15.1 Å². The maximum Gasteiger partial charge on any atom is 0.326 e. The van der Waals surface area contributed by atoms with Crippen LogP contribution in [-0.4, -0.2) is 43.3 Å². The van der Waals surface area contributed by atoms with Crippen LogP contribution in [0.1, 0.15) is 62.1 Å². The molecular weight excluding hydrogens is 531 g/mol. The first kappa shape index (κ1) is 23.5. The highest BCUT2D eigenvalue weighted by Gasteiger charge is 2.37. The third kappa shape index (κ3) is 7.78. The number of carbonyl (C=O) groups is 2. The van der Waals surface area contributed by atoms with Crippen molar-refractivity contribution in [2.24, 2.45) is 0 Å². The molecule has 0 atom stereocenters. The summed E-state index contributed by atoms with van der Waals surface area (Å²) >= 11 is 17.6. The maximum atomic E-state index is 12.8. The van der Waals surface area contributed by atoms with E-state index in [2.05, 4.69) is 20.6 Å². The van der Waals surface area contributed by atoms with Gasteiger partial charge in [0.25, 0.3) is 5.91 Å². The van der Waals surface area contributed by atoms with Gasteiger partial charge < -0.3 is 14.5 Å². The number of carbonyl (C=O) groups excluding carboxylic acids is 2. The number of aromatic nitrogens is 2. The topological polar surface area (TPSA) is 102 Å². The minimum absolute atomic E-state index is 0.0481. The number of nitrogens with one attached hydrogen (secondary N) is 2. The van der Waals surface area contributed by atoms with Crippen LogP contribution in [0.2, 0.25) is 33.5 Å². The Morgan fingerprint density at radius 3 is 2.43 bits per heavy atom. The van der Waals surface area contributed by atoms with Gasteiger partial charge in [0, 0.05) is 12.3 Å². The molecule has 0 spiro atoms. The number of urea groups is 1. The lowest BCUT2D eigenvalue weighted by Crippen LogP contribution is -2.41. The fourth-order valence-electron chi connectivity index (χ4n) is 2.41. The van der Waals surface area contributed by atoms with Crippen molar-refractivity contribution >= 4 is 60.7 Å². The highest BCUT2D eigenvalue weighted by Crippen LogP contribution is 2.36. The standard InChI is InChI=1S/C23H31Cl3N4O4Si/c1-13(2)17-18(16(8-9-27-17)33-10-11-34-35(6,7)23(3,4)5)28-22(32)30-21(31)14-12-15(24)20(26)29-19(14)25/h8-9,12-13H,10-11H2,1-7H3,(H2,28,30,31,32)/i10D2,11D2. The van der Waals surface area contributed by atoms with E-state index in [4.69, 9.17) is 49.4 Å². The Labute approximate surface area is 227 Å². The average Bonchev–Trinajstić information content (AvgIpc) is 2.75. The van der Waals surface area contributed by atoms with Gasteiger partial charge in [-0.1, -0.05) is 69.4 Å². The van der Waals surface area contributed by atoms with Gasteiger partial charge in [-0.25, -0.2) is 9.78 Å². The van der Waals surface area contributed by atoms with Crippen molar-refractivity contribution in [1.29, 1.82) is 0 Å². The summed E-state index contributed by atoms with van der Waals surface area (Å²) in [5.41, 5.74) is 0.0226. The molecule has 0 radical (unpaired) electrons. The van der Waals surface area contributed by atoms with Gasteiger partial charge in [0.1, 0.15) is 28.3 Å². The molecule has 0 fully saturated rings. The Bertz CT molecular complexity index is 1260. The van der Waals surface area contributed by atoms with Crippen molar-refractivity contribution in [3.63, 3.8) is 0 Å². The van der Waals surface area contributed by atoms with E-state index in [0.717, 1.165) is 6.07 Å². The first-order chi connectivity index (χ1) is 17.6. The zero-order chi connectivity index (χ0) is 30.1. The molecule has 12 heteroatoms. The third-order valence-electron chi connectivity index (χ3n) is 5.40.